The molecule has 1 atom stereocenters. The molecule has 0 aliphatic carbocycles. The first-order valence-electron chi connectivity index (χ1n) is 8.86. The van der Waals surface area contributed by atoms with E-state index in [0.717, 1.165) is 17.9 Å². The fourth-order valence-electron chi connectivity index (χ4n) is 2.90. The third-order valence-electron chi connectivity index (χ3n) is 3.99. The molecule has 21 heavy (non-hydrogen) atoms. The normalized spacial score (nSPS) is 12.6. The van der Waals surface area contributed by atoms with E-state index in [4.69, 9.17) is 0 Å². The highest BCUT2D eigenvalue weighted by Crippen LogP contribution is 2.22. The molecule has 2 heteroatoms. The van der Waals surface area contributed by atoms with E-state index in [9.17, 15) is 0 Å². The van der Waals surface area contributed by atoms with Crippen LogP contribution < -0.4 is 5.32 Å². The summed E-state index contributed by atoms with van der Waals surface area (Å²) in [6, 6.07) is 4.99. The molecule has 120 valence electrons. The number of nitrogens with one attached hydrogen (secondary N) is 1. The summed E-state index contributed by atoms with van der Waals surface area (Å²) in [4.78, 5) is 4.50. The Hall–Kier alpha value is -0.890. The summed E-state index contributed by atoms with van der Waals surface area (Å²) in [5, 5.41) is 3.71. The minimum Gasteiger partial charge on any atom is -0.310 e. The van der Waals surface area contributed by atoms with Gasteiger partial charge in [-0.05, 0) is 50.9 Å². The third-order valence-corrected chi connectivity index (χ3v) is 3.99. The van der Waals surface area contributed by atoms with Gasteiger partial charge in [-0.1, -0.05) is 52.4 Å². The van der Waals surface area contributed by atoms with E-state index in [-0.39, 0.29) is 0 Å². The van der Waals surface area contributed by atoms with Crippen molar-refractivity contribution in [2.75, 3.05) is 6.54 Å². The quantitative estimate of drug-likeness (QED) is 0.545. The van der Waals surface area contributed by atoms with Crippen LogP contribution in [0.3, 0.4) is 0 Å². The molecule has 1 rings (SSSR count). The lowest BCUT2D eigenvalue weighted by Crippen LogP contribution is -2.22. The van der Waals surface area contributed by atoms with Crippen LogP contribution in [-0.4, -0.2) is 11.5 Å². The van der Waals surface area contributed by atoms with Crippen LogP contribution in [0.15, 0.2) is 12.1 Å². The van der Waals surface area contributed by atoms with Crippen molar-refractivity contribution < 1.29 is 0 Å². The van der Waals surface area contributed by atoms with Crippen LogP contribution in [0.25, 0.3) is 0 Å². The molecular formula is C19H34N2. The predicted molar refractivity (Wildman–Crippen MR) is 92.7 cm³/mol. The van der Waals surface area contributed by atoms with Gasteiger partial charge in [0.2, 0.25) is 0 Å². The van der Waals surface area contributed by atoms with E-state index in [1.54, 1.807) is 0 Å². The average Bonchev–Trinajstić information content (AvgIpc) is 2.44. The summed E-state index contributed by atoms with van der Waals surface area (Å²) in [6.07, 6.45) is 10.6. The Morgan fingerprint density at radius 3 is 2.14 bits per heavy atom. The summed E-state index contributed by atoms with van der Waals surface area (Å²) in [6.45, 7) is 9.80. The van der Waals surface area contributed by atoms with E-state index in [0.29, 0.717) is 6.04 Å². The maximum atomic E-state index is 4.50. The molecule has 0 spiro atoms. The Balaban J connectivity index is 2.50. The monoisotopic (exact) mass is 290 g/mol. The second kappa shape index (κ2) is 10.8. The second-order valence-electron chi connectivity index (χ2n) is 6.25. The first kappa shape index (κ1) is 18.2. The highest BCUT2D eigenvalue weighted by molar-refractivity contribution is 5.23. The standard InChI is InChI=1S/C19H34N2/c1-5-7-8-9-10-11-12-19(20-13-6-2)18-14-16(3)21-17(4)15-18/h14-15,19-20H,5-13H2,1-4H3. The molecule has 1 heterocycles. The number of hydrogen-bond acceptors (Lipinski definition) is 2. The Bertz CT molecular complexity index is 367. The number of aryl methyl sites for hydroxylation is 2. The zero-order valence-corrected chi connectivity index (χ0v) is 14.5. The molecule has 0 radical (unpaired) electrons. The molecule has 0 fully saturated rings. The molecule has 0 amide bonds. The predicted octanol–water partition coefficient (Wildman–Crippen LogP) is 5.49. The minimum absolute atomic E-state index is 0.497. The van der Waals surface area contributed by atoms with Crippen LogP contribution >= 0.6 is 0 Å². The molecule has 0 aliphatic rings. The zero-order chi connectivity index (χ0) is 15.5. The first-order chi connectivity index (χ1) is 10.2. The molecule has 0 bridgehead atoms. The molecule has 0 aliphatic heterocycles. The van der Waals surface area contributed by atoms with Gasteiger partial charge < -0.3 is 5.32 Å². The van der Waals surface area contributed by atoms with Crippen LogP contribution in [0.2, 0.25) is 0 Å². The minimum atomic E-state index is 0.497. The SMILES string of the molecule is CCCCCCCCC(NCCC)c1cc(C)nc(C)c1. The van der Waals surface area contributed by atoms with Crippen molar-refractivity contribution in [1.82, 2.24) is 10.3 Å². The van der Waals surface area contributed by atoms with Gasteiger partial charge in [0, 0.05) is 17.4 Å². The van der Waals surface area contributed by atoms with Crippen LogP contribution in [-0.2, 0) is 0 Å². The molecular weight excluding hydrogens is 256 g/mol. The highest BCUT2D eigenvalue weighted by Gasteiger charge is 2.11. The molecule has 1 N–H and O–H groups in total. The van der Waals surface area contributed by atoms with Gasteiger partial charge in [0.1, 0.15) is 0 Å². The van der Waals surface area contributed by atoms with Gasteiger partial charge in [-0.3, -0.25) is 4.98 Å². The van der Waals surface area contributed by atoms with Crippen molar-refractivity contribution in [3.63, 3.8) is 0 Å². The molecule has 0 aromatic carbocycles. The van der Waals surface area contributed by atoms with Crippen molar-refractivity contribution in [3.05, 3.63) is 29.1 Å². The smallest absolute Gasteiger partial charge is 0.0379 e. The van der Waals surface area contributed by atoms with Crippen LogP contribution in [0.4, 0.5) is 0 Å². The molecule has 0 saturated carbocycles. The summed E-state index contributed by atoms with van der Waals surface area (Å²) < 4.78 is 0. The summed E-state index contributed by atoms with van der Waals surface area (Å²) >= 11 is 0. The van der Waals surface area contributed by atoms with Crippen molar-refractivity contribution >= 4 is 0 Å². The van der Waals surface area contributed by atoms with Gasteiger partial charge in [-0.25, -0.2) is 0 Å². The van der Waals surface area contributed by atoms with Gasteiger partial charge in [0.05, 0.1) is 0 Å². The maximum absolute atomic E-state index is 4.50. The maximum Gasteiger partial charge on any atom is 0.0379 e. The molecule has 0 saturated heterocycles. The number of unbranched alkanes of at least 4 members (excludes halogenated alkanes) is 5. The number of rotatable bonds is 11. The Morgan fingerprint density at radius 1 is 0.905 bits per heavy atom. The average molecular weight is 290 g/mol. The van der Waals surface area contributed by atoms with Crippen LogP contribution in [0, 0.1) is 13.8 Å². The molecule has 1 aromatic rings. The lowest BCUT2D eigenvalue weighted by Gasteiger charge is -2.20. The number of pyridine rings is 1. The van der Waals surface area contributed by atoms with Gasteiger partial charge >= 0.3 is 0 Å². The zero-order valence-electron chi connectivity index (χ0n) is 14.5. The fraction of sp³-hybridized carbons (Fsp3) is 0.737. The second-order valence-corrected chi connectivity index (χ2v) is 6.25. The van der Waals surface area contributed by atoms with E-state index in [1.807, 2.05) is 0 Å². The number of hydrogen-bond donors (Lipinski definition) is 1. The Kier molecular flexibility index (Phi) is 9.32. The van der Waals surface area contributed by atoms with Gasteiger partial charge in [-0.15, -0.1) is 0 Å². The summed E-state index contributed by atoms with van der Waals surface area (Å²) in [5.41, 5.74) is 3.69. The van der Waals surface area contributed by atoms with E-state index < -0.39 is 0 Å². The lowest BCUT2D eigenvalue weighted by atomic mass is 9.99. The largest absolute Gasteiger partial charge is 0.310 e. The van der Waals surface area contributed by atoms with Crippen molar-refractivity contribution in [3.8, 4) is 0 Å². The molecule has 2 nitrogen and oxygen atoms in total. The van der Waals surface area contributed by atoms with E-state index in [1.165, 1.54) is 56.9 Å². The Morgan fingerprint density at radius 2 is 1.52 bits per heavy atom. The number of nitrogens with zero attached hydrogens (tertiary/aromatic N) is 1. The number of aromatic nitrogens is 1. The topological polar surface area (TPSA) is 24.9 Å². The first-order valence-corrected chi connectivity index (χ1v) is 8.86. The van der Waals surface area contributed by atoms with Crippen LogP contribution in [0.1, 0.15) is 88.2 Å². The van der Waals surface area contributed by atoms with Crippen molar-refractivity contribution in [2.24, 2.45) is 0 Å². The van der Waals surface area contributed by atoms with Gasteiger partial charge in [0.15, 0.2) is 0 Å². The fourth-order valence-corrected chi connectivity index (χ4v) is 2.90. The van der Waals surface area contributed by atoms with E-state index in [2.05, 4.69) is 50.1 Å². The Labute approximate surface area is 131 Å². The van der Waals surface area contributed by atoms with Gasteiger partial charge in [0.25, 0.3) is 0 Å². The summed E-state index contributed by atoms with van der Waals surface area (Å²) in [7, 11) is 0. The summed E-state index contributed by atoms with van der Waals surface area (Å²) in [5.74, 6) is 0. The van der Waals surface area contributed by atoms with Crippen molar-refractivity contribution in [2.45, 2.75) is 85.1 Å². The van der Waals surface area contributed by atoms with Crippen molar-refractivity contribution in [1.29, 1.82) is 0 Å². The highest BCUT2D eigenvalue weighted by atomic mass is 14.9. The third kappa shape index (κ3) is 7.61. The van der Waals surface area contributed by atoms with Gasteiger partial charge in [-0.2, -0.15) is 0 Å². The van der Waals surface area contributed by atoms with E-state index >= 15 is 0 Å². The molecule has 1 aromatic heterocycles. The lowest BCUT2D eigenvalue weighted by molar-refractivity contribution is 0.466. The van der Waals surface area contributed by atoms with Crippen LogP contribution in [0.5, 0.6) is 0 Å². The molecule has 1 unspecified atom stereocenters.